The average molecular weight is 331 g/mol. The van der Waals surface area contributed by atoms with Gasteiger partial charge in [-0.1, -0.05) is 19.9 Å². The normalized spacial score (nSPS) is 12.9. The van der Waals surface area contributed by atoms with E-state index in [1.807, 2.05) is 25.1 Å². The van der Waals surface area contributed by atoms with Crippen LogP contribution in [0.1, 0.15) is 44.3 Å². The van der Waals surface area contributed by atoms with E-state index in [-0.39, 0.29) is 5.41 Å². The lowest BCUT2D eigenvalue weighted by atomic mass is 9.83. The molecule has 2 aromatic rings. The molecule has 0 spiro atoms. The van der Waals surface area contributed by atoms with Crippen molar-refractivity contribution < 1.29 is 13.9 Å². The predicted molar refractivity (Wildman–Crippen MR) is 96.9 cm³/mol. The van der Waals surface area contributed by atoms with E-state index >= 15 is 0 Å². The van der Waals surface area contributed by atoms with Gasteiger partial charge in [-0.15, -0.1) is 0 Å². The van der Waals surface area contributed by atoms with E-state index in [1.165, 1.54) is 5.56 Å². The van der Waals surface area contributed by atoms with Gasteiger partial charge in [-0.2, -0.15) is 0 Å². The summed E-state index contributed by atoms with van der Waals surface area (Å²) in [5.74, 6) is 3.52. The van der Waals surface area contributed by atoms with Gasteiger partial charge in [0.05, 0.1) is 14.2 Å². The molecule has 0 aliphatic heterocycles. The number of rotatable bonds is 8. The molecule has 0 amide bonds. The molecule has 0 aliphatic rings. The summed E-state index contributed by atoms with van der Waals surface area (Å²) in [6, 6.07) is 10.5. The second kappa shape index (κ2) is 7.75. The molecule has 1 N–H and O–H groups in total. The molecule has 0 fully saturated rings. The highest BCUT2D eigenvalue weighted by Gasteiger charge is 2.26. The summed E-state index contributed by atoms with van der Waals surface area (Å²) < 4.78 is 16.4. The summed E-state index contributed by atoms with van der Waals surface area (Å²) in [5, 5.41) is 3.58. The van der Waals surface area contributed by atoms with Crippen molar-refractivity contribution >= 4 is 0 Å². The quantitative estimate of drug-likeness (QED) is 0.776. The largest absolute Gasteiger partial charge is 0.493 e. The molecule has 0 saturated carbocycles. The van der Waals surface area contributed by atoms with Crippen LogP contribution in [0.25, 0.3) is 0 Å². The summed E-state index contributed by atoms with van der Waals surface area (Å²) in [6.07, 6.45) is 0.993. The van der Waals surface area contributed by atoms with Crippen LogP contribution in [-0.2, 0) is 12.0 Å². The minimum atomic E-state index is -0.00171. The van der Waals surface area contributed by atoms with Crippen molar-refractivity contribution in [3.63, 3.8) is 0 Å². The molecule has 1 heterocycles. The summed E-state index contributed by atoms with van der Waals surface area (Å²) in [5.41, 5.74) is 1.17. The third-order valence-electron chi connectivity index (χ3n) is 4.33. The first-order chi connectivity index (χ1) is 11.4. The summed E-state index contributed by atoms with van der Waals surface area (Å²) in [7, 11) is 3.31. The predicted octanol–water partition coefficient (Wildman–Crippen LogP) is 4.45. The van der Waals surface area contributed by atoms with Crippen molar-refractivity contribution in [2.24, 2.45) is 0 Å². The SMILES string of the molecule is COc1ccc(CN[C@@H](C)CC(C)(C)c2ccc(C)o2)cc1OC. The van der Waals surface area contributed by atoms with E-state index in [0.717, 1.165) is 36.0 Å². The van der Waals surface area contributed by atoms with Crippen molar-refractivity contribution in [3.8, 4) is 11.5 Å². The molecular weight excluding hydrogens is 302 g/mol. The van der Waals surface area contributed by atoms with Gasteiger partial charge in [-0.25, -0.2) is 0 Å². The topological polar surface area (TPSA) is 43.6 Å². The number of furan rings is 1. The minimum absolute atomic E-state index is 0.00171. The zero-order chi connectivity index (χ0) is 17.7. The van der Waals surface area contributed by atoms with Crippen molar-refractivity contribution in [1.82, 2.24) is 5.32 Å². The van der Waals surface area contributed by atoms with Gasteiger partial charge < -0.3 is 19.2 Å². The lowest BCUT2D eigenvalue weighted by molar-refractivity contribution is 0.319. The third kappa shape index (κ3) is 4.54. The Morgan fingerprint density at radius 2 is 1.79 bits per heavy atom. The summed E-state index contributed by atoms with van der Waals surface area (Å²) in [6.45, 7) is 9.42. The fourth-order valence-electron chi connectivity index (χ4n) is 3.02. The van der Waals surface area contributed by atoms with Gasteiger partial charge in [-0.05, 0) is 50.1 Å². The number of nitrogens with one attached hydrogen (secondary N) is 1. The second-order valence-corrected chi connectivity index (χ2v) is 6.97. The summed E-state index contributed by atoms with van der Waals surface area (Å²) >= 11 is 0. The molecule has 1 atom stereocenters. The van der Waals surface area contributed by atoms with Crippen molar-refractivity contribution in [3.05, 3.63) is 47.4 Å². The molecule has 0 radical (unpaired) electrons. The molecule has 132 valence electrons. The van der Waals surface area contributed by atoms with E-state index in [4.69, 9.17) is 13.9 Å². The highest BCUT2D eigenvalue weighted by atomic mass is 16.5. The Morgan fingerprint density at radius 1 is 1.08 bits per heavy atom. The van der Waals surface area contributed by atoms with Crippen LogP contribution in [-0.4, -0.2) is 20.3 Å². The van der Waals surface area contributed by atoms with Gasteiger partial charge in [-0.3, -0.25) is 0 Å². The maximum atomic E-state index is 5.81. The number of hydrogen-bond acceptors (Lipinski definition) is 4. The molecule has 1 aromatic carbocycles. The van der Waals surface area contributed by atoms with Crippen LogP contribution >= 0.6 is 0 Å². The zero-order valence-corrected chi connectivity index (χ0v) is 15.6. The first-order valence-corrected chi connectivity index (χ1v) is 8.37. The molecule has 0 unspecified atom stereocenters. The summed E-state index contributed by atoms with van der Waals surface area (Å²) in [4.78, 5) is 0. The standard InChI is InChI=1S/C20H29NO3/c1-14(12-20(3,4)19-10-7-15(2)24-19)21-13-16-8-9-17(22-5)18(11-16)23-6/h7-11,14,21H,12-13H2,1-6H3/t14-/m0/s1. The second-order valence-electron chi connectivity index (χ2n) is 6.97. The monoisotopic (exact) mass is 331 g/mol. The molecule has 4 heteroatoms. The Hall–Kier alpha value is -1.94. The Morgan fingerprint density at radius 3 is 2.38 bits per heavy atom. The Kier molecular flexibility index (Phi) is 5.94. The van der Waals surface area contributed by atoms with Gasteiger partial charge in [0.25, 0.3) is 0 Å². The average Bonchev–Trinajstić information content (AvgIpc) is 2.99. The van der Waals surface area contributed by atoms with Crippen LogP contribution in [0.3, 0.4) is 0 Å². The fourth-order valence-corrected chi connectivity index (χ4v) is 3.02. The van der Waals surface area contributed by atoms with Crippen LogP contribution < -0.4 is 14.8 Å². The number of methoxy groups -OCH3 is 2. The first kappa shape index (κ1) is 18.4. The first-order valence-electron chi connectivity index (χ1n) is 8.37. The Labute approximate surface area is 145 Å². The molecule has 0 saturated heterocycles. The maximum absolute atomic E-state index is 5.81. The van der Waals surface area contributed by atoms with Crippen LogP contribution in [0.4, 0.5) is 0 Å². The molecule has 24 heavy (non-hydrogen) atoms. The van der Waals surface area contributed by atoms with Crippen LogP contribution in [0.5, 0.6) is 11.5 Å². The molecule has 1 aromatic heterocycles. The lowest BCUT2D eigenvalue weighted by Crippen LogP contribution is -2.32. The van der Waals surface area contributed by atoms with Crippen molar-refractivity contribution in [1.29, 1.82) is 0 Å². The van der Waals surface area contributed by atoms with E-state index in [1.54, 1.807) is 14.2 Å². The van der Waals surface area contributed by atoms with E-state index in [2.05, 4.69) is 38.2 Å². The number of aryl methyl sites for hydroxylation is 1. The van der Waals surface area contributed by atoms with Gasteiger partial charge in [0, 0.05) is 18.0 Å². The van der Waals surface area contributed by atoms with Gasteiger partial charge >= 0.3 is 0 Å². The molecule has 0 bridgehead atoms. The zero-order valence-electron chi connectivity index (χ0n) is 15.6. The highest BCUT2D eigenvalue weighted by molar-refractivity contribution is 5.42. The van der Waals surface area contributed by atoms with Gasteiger partial charge in [0.2, 0.25) is 0 Å². The van der Waals surface area contributed by atoms with E-state index in [9.17, 15) is 0 Å². The van der Waals surface area contributed by atoms with E-state index in [0.29, 0.717) is 6.04 Å². The Balaban J connectivity index is 1.94. The maximum Gasteiger partial charge on any atom is 0.161 e. The van der Waals surface area contributed by atoms with Gasteiger partial charge in [0.1, 0.15) is 11.5 Å². The minimum Gasteiger partial charge on any atom is -0.493 e. The lowest BCUT2D eigenvalue weighted by Gasteiger charge is -2.27. The third-order valence-corrected chi connectivity index (χ3v) is 4.33. The smallest absolute Gasteiger partial charge is 0.161 e. The molecular formula is C20H29NO3. The van der Waals surface area contributed by atoms with Crippen LogP contribution in [0, 0.1) is 6.92 Å². The highest BCUT2D eigenvalue weighted by Crippen LogP contribution is 2.30. The Bertz CT molecular complexity index is 661. The van der Waals surface area contributed by atoms with E-state index < -0.39 is 0 Å². The molecule has 2 rings (SSSR count). The van der Waals surface area contributed by atoms with Crippen molar-refractivity contribution in [2.45, 2.75) is 52.1 Å². The number of hydrogen-bond donors (Lipinski definition) is 1. The van der Waals surface area contributed by atoms with Crippen LogP contribution in [0.15, 0.2) is 34.7 Å². The van der Waals surface area contributed by atoms with Crippen LogP contribution in [0.2, 0.25) is 0 Å². The molecule has 4 nitrogen and oxygen atoms in total. The number of benzene rings is 1. The van der Waals surface area contributed by atoms with Gasteiger partial charge in [0.15, 0.2) is 11.5 Å². The fraction of sp³-hybridized carbons (Fsp3) is 0.500. The molecule has 0 aliphatic carbocycles. The van der Waals surface area contributed by atoms with Crippen molar-refractivity contribution in [2.75, 3.05) is 14.2 Å². The number of ether oxygens (including phenoxy) is 2.